The van der Waals surface area contributed by atoms with Crippen molar-refractivity contribution in [2.45, 2.75) is 52.3 Å². The van der Waals surface area contributed by atoms with Crippen LogP contribution in [0, 0.1) is 0 Å². The topological polar surface area (TPSA) is 83.9 Å². The number of amides is 1. The lowest BCUT2D eigenvalue weighted by atomic mass is 9.93. The zero-order chi connectivity index (χ0) is 24.3. The van der Waals surface area contributed by atoms with E-state index in [0.29, 0.717) is 17.8 Å². The molecule has 0 radical (unpaired) electrons. The molecule has 1 amide bonds. The highest BCUT2D eigenvalue weighted by Crippen LogP contribution is 2.45. The summed E-state index contributed by atoms with van der Waals surface area (Å²) in [5.41, 5.74) is 3.11. The number of benzene rings is 1. The number of aliphatic imine (C=N–C) groups is 1. The molecule has 1 N–H and O–H groups in total. The van der Waals surface area contributed by atoms with E-state index in [-0.39, 0.29) is 12.3 Å². The maximum absolute atomic E-state index is 13.3. The molecule has 8 heteroatoms. The molecule has 176 valence electrons. The molecule has 2 aliphatic rings. The molecular formula is C26H28N4O3S. The number of rotatable bonds is 6. The van der Waals surface area contributed by atoms with Crippen molar-refractivity contribution >= 4 is 28.8 Å². The van der Waals surface area contributed by atoms with Gasteiger partial charge in [0.1, 0.15) is 5.60 Å². The van der Waals surface area contributed by atoms with Gasteiger partial charge in [0.2, 0.25) is 5.91 Å². The van der Waals surface area contributed by atoms with Gasteiger partial charge in [-0.15, -0.1) is 0 Å². The van der Waals surface area contributed by atoms with Gasteiger partial charge in [-0.05, 0) is 50.3 Å². The number of nitrogens with one attached hydrogen (secondary N) is 1. The summed E-state index contributed by atoms with van der Waals surface area (Å²) < 4.78 is 5.75. The molecule has 0 aliphatic carbocycles. The lowest BCUT2D eigenvalue weighted by Gasteiger charge is -2.37. The maximum Gasteiger partial charge on any atom is 0.338 e. The standard InChI is InChI=1S/C26H28N4O3S/c1-17-22(24(32)33-26(2,3)4)23(19-10-6-5-7-11-19)30-20(16-34-25(30)29-17)13-21(31)28-15-18-9-8-12-27-14-18/h5-12,14,16,23H,13,15H2,1-4H3,(H,28,31). The van der Waals surface area contributed by atoms with Crippen molar-refractivity contribution in [3.8, 4) is 0 Å². The molecule has 1 unspecified atom stereocenters. The number of thioether (sulfide) groups is 1. The van der Waals surface area contributed by atoms with Crippen LogP contribution in [0.4, 0.5) is 0 Å². The zero-order valence-electron chi connectivity index (χ0n) is 19.7. The molecule has 2 aliphatic heterocycles. The number of amidine groups is 1. The third-order valence-corrected chi connectivity index (χ3v) is 6.18. The van der Waals surface area contributed by atoms with Gasteiger partial charge in [-0.1, -0.05) is 48.2 Å². The van der Waals surface area contributed by atoms with E-state index in [2.05, 4.69) is 10.3 Å². The first-order valence-corrected chi connectivity index (χ1v) is 12.0. The maximum atomic E-state index is 13.3. The predicted molar refractivity (Wildman–Crippen MR) is 133 cm³/mol. The van der Waals surface area contributed by atoms with E-state index in [1.807, 2.05) is 80.5 Å². The number of hydrogen-bond acceptors (Lipinski definition) is 7. The molecule has 3 heterocycles. The fraction of sp³-hybridized carbons (Fsp3) is 0.308. The van der Waals surface area contributed by atoms with Crippen LogP contribution in [0.5, 0.6) is 0 Å². The van der Waals surface area contributed by atoms with Gasteiger partial charge in [0.25, 0.3) is 0 Å². The second-order valence-electron chi connectivity index (χ2n) is 9.12. The third-order valence-electron chi connectivity index (χ3n) is 5.29. The quantitative estimate of drug-likeness (QED) is 0.608. The van der Waals surface area contributed by atoms with E-state index >= 15 is 0 Å². The number of aromatic nitrogens is 1. The van der Waals surface area contributed by atoms with Crippen molar-refractivity contribution in [2.75, 3.05) is 0 Å². The Bertz CT molecular complexity index is 1170. The minimum absolute atomic E-state index is 0.117. The Morgan fingerprint density at radius 1 is 1.15 bits per heavy atom. The number of allylic oxidation sites excluding steroid dienone is 1. The van der Waals surface area contributed by atoms with Gasteiger partial charge in [-0.2, -0.15) is 0 Å². The molecule has 0 spiro atoms. The fourth-order valence-electron chi connectivity index (χ4n) is 3.84. The van der Waals surface area contributed by atoms with Crippen molar-refractivity contribution in [1.29, 1.82) is 0 Å². The summed E-state index contributed by atoms with van der Waals surface area (Å²) >= 11 is 1.46. The summed E-state index contributed by atoms with van der Waals surface area (Å²) in [6, 6.07) is 13.1. The number of hydrogen-bond donors (Lipinski definition) is 1. The first-order valence-electron chi connectivity index (χ1n) is 11.1. The zero-order valence-corrected chi connectivity index (χ0v) is 20.6. The average molecular weight is 477 g/mol. The Balaban J connectivity index is 1.61. The highest BCUT2D eigenvalue weighted by atomic mass is 32.2. The number of carbonyl (C=O) groups excluding carboxylic acids is 2. The van der Waals surface area contributed by atoms with E-state index < -0.39 is 17.6 Å². The van der Waals surface area contributed by atoms with E-state index in [0.717, 1.165) is 22.0 Å². The second kappa shape index (κ2) is 9.85. The van der Waals surface area contributed by atoms with E-state index in [4.69, 9.17) is 9.73 Å². The van der Waals surface area contributed by atoms with E-state index in [9.17, 15) is 9.59 Å². The van der Waals surface area contributed by atoms with Gasteiger partial charge in [-0.3, -0.25) is 9.78 Å². The Labute approximate surface area is 204 Å². The molecule has 4 rings (SSSR count). The summed E-state index contributed by atoms with van der Waals surface area (Å²) in [7, 11) is 0. The number of carbonyl (C=O) groups is 2. The molecule has 1 atom stereocenters. The van der Waals surface area contributed by atoms with Crippen LogP contribution in [0.3, 0.4) is 0 Å². The number of ether oxygens (including phenoxy) is 1. The van der Waals surface area contributed by atoms with Gasteiger partial charge in [0.05, 0.1) is 23.7 Å². The van der Waals surface area contributed by atoms with Crippen LogP contribution in [0.25, 0.3) is 0 Å². The van der Waals surface area contributed by atoms with Crippen molar-refractivity contribution in [2.24, 2.45) is 4.99 Å². The van der Waals surface area contributed by atoms with Crippen molar-refractivity contribution in [3.63, 3.8) is 0 Å². The van der Waals surface area contributed by atoms with Crippen LogP contribution in [0.1, 0.15) is 51.3 Å². The van der Waals surface area contributed by atoms with Crippen molar-refractivity contribution in [3.05, 3.63) is 88.4 Å². The van der Waals surface area contributed by atoms with Crippen LogP contribution >= 0.6 is 11.8 Å². The summed E-state index contributed by atoms with van der Waals surface area (Å²) in [5.74, 6) is -0.521. The van der Waals surface area contributed by atoms with E-state index in [1.54, 1.807) is 12.4 Å². The van der Waals surface area contributed by atoms with E-state index in [1.165, 1.54) is 11.8 Å². The van der Waals surface area contributed by atoms with Crippen LogP contribution in [0.15, 0.2) is 82.2 Å². The molecular weight excluding hydrogens is 448 g/mol. The molecule has 2 aromatic rings. The van der Waals surface area contributed by atoms with Gasteiger partial charge in [0, 0.05) is 24.6 Å². The lowest BCUT2D eigenvalue weighted by Crippen LogP contribution is -2.39. The van der Waals surface area contributed by atoms with Crippen molar-refractivity contribution in [1.82, 2.24) is 15.2 Å². The normalized spacial score (nSPS) is 17.6. The van der Waals surface area contributed by atoms with Gasteiger partial charge >= 0.3 is 5.97 Å². The fourth-order valence-corrected chi connectivity index (χ4v) is 4.81. The van der Waals surface area contributed by atoms with Gasteiger partial charge in [-0.25, -0.2) is 9.79 Å². The molecule has 0 saturated carbocycles. The SMILES string of the molecule is CC1=C(C(=O)OC(C)(C)C)C(c2ccccc2)N2C(CC(=O)NCc3cccnc3)=CSC2=N1. The van der Waals surface area contributed by atoms with Gasteiger partial charge < -0.3 is 15.0 Å². The second-order valence-corrected chi connectivity index (χ2v) is 9.96. The van der Waals surface area contributed by atoms with Crippen LogP contribution in [-0.4, -0.2) is 32.5 Å². The number of nitrogens with zero attached hydrogens (tertiary/aromatic N) is 3. The monoisotopic (exact) mass is 476 g/mol. The van der Waals surface area contributed by atoms with Crippen molar-refractivity contribution < 1.29 is 14.3 Å². The summed E-state index contributed by atoms with van der Waals surface area (Å²) in [5, 5.41) is 5.63. The third kappa shape index (κ3) is 5.39. The minimum atomic E-state index is -0.639. The largest absolute Gasteiger partial charge is 0.456 e. The Kier molecular flexibility index (Phi) is 6.88. The molecule has 7 nitrogen and oxygen atoms in total. The Morgan fingerprint density at radius 2 is 1.91 bits per heavy atom. The average Bonchev–Trinajstić information content (AvgIpc) is 3.18. The minimum Gasteiger partial charge on any atom is -0.456 e. The molecule has 0 saturated heterocycles. The Morgan fingerprint density at radius 3 is 2.59 bits per heavy atom. The highest BCUT2D eigenvalue weighted by molar-refractivity contribution is 8.16. The lowest BCUT2D eigenvalue weighted by molar-refractivity contribution is -0.150. The van der Waals surface area contributed by atoms with Crippen LogP contribution < -0.4 is 5.32 Å². The number of esters is 1. The van der Waals surface area contributed by atoms with Crippen LogP contribution in [0.2, 0.25) is 0 Å². The Hall–Kier alpha value is -3.39. The summed E-state index contributed by atoms with van der Waals surface area (Å²) in [6.45, 7) is 7.77. The molecule has 0 fully saturated rings. The van der Waals surface area contributed by atoms with Gasteiger partial charge in [0.15, 0.2) is 5.17 Å². The summed E-state index contributed by atoms with van der Waals surface area (Å²) in [6.07, 6.45) is 3.59. The number of fused-ring (bicyclic) bond motifs is 1. The van der Waals surface area contributed by atoms with Crippen LogP contribution in [-0.2, 0) is 20.9 Å². The highest BCUT2D eigenvalue weighted by Gasteiger charge is 2.41. The summed E-state index contributed by atoms with van der Waals surface area (Å²) in [4.78, 5) is 36.9. The first-order chi connectivity index (χ1) is 16.2. The molecule has 1 aromatic carbocycles. The smallest absolute Gasteiger partial charge is 0.338 e. The molecule has 1 aromatic heterocycles. The molecule has 34 heavy (non-hydrogen) atoms. The first kappa shape index (κ1) is 23.8. The molecule has 0 bridgehead atoms. The predicted octanol–water partition coefficient (Wildman–Crippen LogP) is 4.70. The number of pyridine rings is 1.